The summed E-state index contributed by atoms with van der Waals surface area (Å²) >= 11 is 0. The molecule has 1 aliphatic heterocycles. The summed E-state index contributed by atoms with van der Waals surface area (Å²) < 4.78 is 0. The van der Waals surface area contributed by atoms with Crippen molar-refractivity contribution in [2.24, 2.45) is 0 Å². The lowest BCUT2D eigenvalue weighted by Gasteiger charge is -2.48. The van der Waals surface area contributed by atoms with Crippen LogP contribution in [-0.2, 0) is 10.8 Å². The van der Waals surface area contributed by atoms with Crippen LogP contribution in [0.5, 0.6) is 0 Å². The van der Waals surface area contributed by atoms with Crippen molar-refractivity contribution in [3.63, 3.8) is 0 Å². The number of benzene rings is 1. The number of piperazine rings is 1. The Bertz CT molecular complexity index is 618. The molecule has 0 aliphatic carbocycles. The third kappa shape index (κ3) is 5.83. The average Bonchev–Trinajstić information content (AvgIpc) is 2.59. The smallest absolute Gasteiger partial charge is 0.0154 e. The second-order valence-electron chi connectivity index (χ2n) is 12.2. The van der Waals surface area contributed by atoms with Gasteiger partial charge in [0.2, 0.25) is 0 Å². The molecule has 0 bridgehead atoms. The Morgan fingerprint density at radius 3 is 1.46 bits per heavy atom. The molecule has 1 fully saturated rings. The first kappa shape index (κ1) is 23.4. The van der Waals surface area contributed by atoms with Crippen molar-refractivity contribution in [2.75, 3.05) is 26.2 Å². The molecule has 1 aromatic rings. The van der Waals surface area contributed by atoms with Crippen molar-refractivity contribution in [3.05, 3.63) is 35.4 Å². The van der Waals surface area contributed by atoms with Gasteiger partial charge >= 0.3 is 0 Å². The third-order valence-electron chi connectivity index (χ3n) is 6.98. The fourth-order valence-electron chi connectivity index (χ4n) is 4.32. The van der Waals surface area contributed by atoms with E-state index < -0.39 is 0 Å². The van der Waals surface area contributed by atoms with E-state index in [4.69, 9.17) is 0 Å². The number of hydrogen-bond donors (Lipinski definition) is 0. The van der Waals surface area contributed by atoms with Crippen molar-refractivity contribution < 1.29 is 0 Å². The standard InChI is InChI=1S/C26H46N2/c1-23(2,3)21-11-13-22(14-12-21)25(7,8)15-16-26(9,10)28-19-17-27(18-20-28)24(4,5)6/h11-14H,15-20H2,1-10H3. The van der Waals surface area contributed by atoms with Crippen molar-refractivity contribution in [1.82, 2.24) is 9.80 Å². The van der Waals surface area contributed by atoms with Crippen molar-refractivity contribution in [1.29, 1.82) is 0 Å². The molecule has 2 rings (SSSR count). The van der Waals surface area contributed by atoms with Crippen LogP contribution in [-0.4, -0.2) is 47.1 Å². The van der Waals surface area contributed by atoms with Crippen molar-refractivity contribution in [2.45, 2.75) is 104 Å². The van der Waals surface area contributed by atoms with Crippen LogP contribution in [0.4, 0.5) is 0 Å². The second-order valence-corrected chi connectivity index (χ2v) is 12.2. The van der Waals surface area contributed by atoms with Gasteiger partial charge in [-0.25, -0.2) is 0 Å². The molecule has 0 unspecified atom stereocenters. The van der Waals surface area contributed by atoms with Gasteiger partial charge in [-0.1, -0.05) is 58.9 Å². The highest BCUT2D eigenvalue weighted by molar-refractivity contribution is 5.31. The first-order valence-corrected chi connectivity index (χ1v) is 11.2. The molecule has 1 heterocycles. The molecule has 1 aliphatic rings. The lowest BCUT2D eigenvalue weighted by molar-refractivity contribution is 0.00901. The molecule has 0 amide bonds. The minimum atomic E-state index is 0.209. The number of hydrogen-bond acceptors (Lipinski definition) is 2. The minimum Gasteiger partial charge on any atom is -0.296 e. The van der Waals surface area contributed by atoms with E-state index in [0.29, 0.717) is 0 Å². The summed E-state index contributed by atoms with van der Waals surface area (Å²) in [4.78, 5) is 5.34. The molecule has 28 heavy (non-hydrogen) atoms. The van der Waals surface area contributed by atoms with Crippen LogP contribution in [0.2, 0.25) is 0 Å². The van der Waals surface area contributed by atoms with Gasteiger partial charge in [0.05, 0.1) is 0 Å². The van der Waals surface area contributed by atoms with Gasteiger partial charge in [0.1, 0.15) is 0 Å². The van der Waals surface area contributed by atoms with Gasteiger partial charge in [-0.15, -0.1) is 0 Å². The van der Waals surface area contributed by atoms with E-state index in [9.17, 15) is 0 Å². The van der Waals surface area contributed by atoms with E-state index >= 15 is 0 Å². The second kappa shape index (κ2) is 8.11. The SMILES string of the molecule is CC(C)(C)c1ccc(C(C)(C)CCC(C)(C)N2CCN(C(C)(C)C)CC2)cc1. The minimum absolute atomic E-state index is 0.209. The molecular formula is C26H46N2. The van der Waals surface area contributed by atoms with Crippen molar-refractivity contribution in [3.8, 4) is 0 Å². The Morgan fingerprint density at radius 2 is 1.04 bits per heavy atom. The molecule has 0 saturated carbocycles. The Balaban J connectivity index is 1.97. The van der Waals surface area contributed by atoms with Gasteiger partial charge in [0, 0.05) is 37.3 Å². The van der Waals surface area contributed by atoms with Crippen LogP contribution < -0.4 is 0 Å². The Labute approximate surface area is 175 Å². The zero-order valence-corrected chi connectivity index (χ0v) is 20.4. The summed E-state index contributed by atoms with van der Waals surface area (Å²) in [5.74, 6) is 0. The summed E-state index contributed by atoms with van der Waals surface area (Å²) in [5.41, 5.74) is 3.86. The molecule has 0 atom stereocenters. The summed E-state index contributed by atoms with van der Waals surface area (Å²) in [6.45, 7) is 28.3. The molecule has 2 nitrogen and oxygen atoms in total. The quantitative estimate of drug-likeness (QED) is 0.591. The van der Waals surface area contributed by atoms with E-state index in [1.165, 1.54) is 50.1 Å². The maximum Gasteiger partial charge on any atom is 0.0154 e. The Hall–Kier alpha value is -0.860. The first-order chi connectivity index (χ1) is 12.6. The predicted octanol–water partition coefficient (Wildman–Crippen LogP) is 6.24. The van der Waals surface area contributed by atoms with E-state index in [2.05, 4.69) is 103 Å². The molecule has 0 N–H and O–H groups in total. The van der Waals surface area contributed by atoms with E-state index in [1.54, 1.807) is 0 Å². The summed E-state index contributed by atoms with van der Waals surface area (Å²) in [5, 5.41) is 0. The fourth-order valence-corrected chi connectivity index (χ4v) is 4.32. The summed E-state index contributed by atoms with van der Waals surface area (Å²) in [6.07, 6.45) is 2.45. The fraction of sp³-hybridized carbons (Fsp3) is 0.769. The monoisotopic (exact) mass is 386 g/mol. The van der Waals surface area contributed by atoms with Crippen LogP contribution in [0, 0.1) is 0 Å². The highest BCUT2D eigenvalue weighted by Gasteiger charge is 2.34. The van der Waals surface area contributed by atoms with E-state index in [0.717, 1.165) is 0 Å². The molecule has 0 spiro atoms. The normalized spacial score (nSPS) is 18.5. The molecule has 0 aromatic heterocycles. The van der Waals surface area contributed by atoms with Crippen LogP contribution in [0.1, 0.15) is 93.2 Å². The summed E-state index contributed by atoms with van der Waals surface area (Å²) in [7, 11) is 0. The lowest BCUT2D eigenvalue weighted by atomic mass is 9.76. The predicted molar refractivity (Wildman–Crippen MR) is 124 cm³/mol. The topological polar surface area (TPSA) is 6.48 Å². The zero-order valence-electron chi connectivity index (χ0n) is 20.4. The highest BCUT2D eigenvalue weighted by Crippen LogP contribution is 2.34. The third-order valence-corrected chi connectivity index (χ3v) is 6.98. The van der Waals surface area contributed by atoms with Gasteiger partial charge < -0.3 is 0 Å². The van der Waals surface area contributed by atoms with Gasteiger partial charge in [0.25, 0.3) is 0 Å². The first-order valence-electron chi connectivity index (χ1n) is 11.2. The van der Waals surface area contributed by atoms with Crippen LogP contribution in [0.25, 0.3) is 0 Å². The van der Waals surface area contributed by atoms with Gasteiger partial charge in [-0.3, -0.25) is 9.80 Å². The molecule has 1 saturated heterocycles. The largest absolute Gasteiger partial charge is 0.296 e. The maximum absolute atomic E-state index is 2.72. The van der Waals surface area contributed by atoms with Gasteiger partial charge in [0.15, 0.2) is 0 Å². The lowest BCUT2D eigenvalue weighted by Crippen LogP contribution is -2.58. The molecular weight excluding hydrogens is 340 g/mol. The van der Waals surface area contributed by atoms with Gasteiger partial charge in [-0.05, 0) is 69.4 Å². The molecule has 2 heteroatoms. The highest BCUT2D eigenvalue weighted by atomic mass is 15.3. The molecule has 0 radical (unpaired) electrons. The number of rotatable bonds is 5. The molecule has 1 aromatic carbocycles. The Kier molecular flexibility index (Phi) is 6.78. The van der Waals surface area contributed by atoms with Crippen LogP contribution in [0.3, 0.4) is 0 Å². The Morgan fingerprint density at radius 1 is 0.607 bits per heavy atom. The summed E-state index contributed by atoms with van der Waals surface area (Å²) in [6, 6.07) is 9.37. The van der Waals surface area contributed by atoms with E-state index in [1.807, 2.05) is 0 Å². The number of nitrogens with zero attached hydrogens (tertiary/aromatic N) is 2. The van der Waals surface area contributed by atoms with Crippen LogP contribution in [0.15, 0.2) is 24.3 Å². The van der Waals surface area contributed by atoms with Gasteiger partial charge in [-0.2, -0.15) is 0 Å². The average molecular weight is 387 g/mol. The maximum atomic E-state index is 2.72. The van der Waals surface area contributed by atoms with Crippen molar-refractivity contribution >= 4 is 0 Å². The van der Waals surface area contributed by atoms with E-state index in [-0.39, 0.29) is 21.9 Å². The van der Waals surface area contributed by atoms with Crippen LogP contribution >= 0.6 is 0 Å². The molecule has 160 valence electrons. The zero-order chi connectivity index (χ0) is 21.4.